The fourth-order valence-electron chi connectivity index (χ4n) is 3.37. The molecule has 0 aliphatic carbocycles. The molecule has 2 heterocycles. The third-order valence-electron chi connectivity index (χ3n) is 4.55. The van der Waals surface area contributed by atoms with E-state index in [1.807, 2.05) is 0 Å². The molecule has 1 unspecified atom stereocenters. The molecule has 0 aromatic rings. The molecule has 18 heavy (non-hydrogen) atoms. The number of hydrogen-bond donors (Lipinski definition) is 1. The maximum absolute atomic E-state index is 3.90. The molecule has 0 aromatic heterocycles. The Kier molecular flexibility index (Phi) is 5.46. The third-order valence-corrected chi connectivity index (χ3v) is 4.55. The molecule has 2 rings (SSSR count). The third kappa shape index (κ3) is 3.94. The minimum atomic E-state index is 0.711. The number of rotatable bonds is 5. The summed E-state index contributed by atoms with van der Waals surface area (Å²) < 4.78 is 0. The molecule has 2 saturated heterocycles. The second-order valence-electron chi connectivity index (χ2n) is 6.36. The quantitative estimate of drug-likeness (QED) is 0.808. The molecular weight excluding hydrogens is 222 g/mol. The number of nitrogens with zero attached hydrogens (tertiary/aromatic N) is 2. The Morgan fingerprint density at radius 2 is 1.72 bits per heavy atom. The van der Waals surface area contributed by atoms with E-state index in [1.54, 1.807) is 0 Å². The van der Waals surface area contributed by atoms with E-state index in [-0.39, 0.29) is 0 Å². The average Bonchev–Trinajstić information content (AvgIpc) is 2.81. The van der Waals surface area contributed by atoms with Crippen LogP contribution in [0.3, 0.4) is 0 Å². The van der Waals surface area contributed by atoms with Gasteiger partial charge in [-0.15, -0.1) is 0 Å². The van der Waals surface area contributed by atoms with Crippen molar-refractivity contribution in [1.29, 1.82) is 0 Å². The number of piperidine rings is 1. The van der Waals surface area contributed by atoms with Crippen LogP contribution in [-0.2, 0) is 0 Å². The van der Waals surface area contributed by atoms with Gasteiger partial charge in [0.25, 0.3) is 0 Å². The van der Waals surface area contributed by atoms with Crippen LogP contribution in [0.1, 0.15) is 46.5 Å². The zero-order valence-electron chi connectivity index (χ0n) is 12.5. The fraction of sp³-hybridized carbons (Fsp3) is 1.00. The van der Waals surface area contributed by atoms with Crippen LogP contribution in [0.4, 0.5) is 0 Å². The van der Waals surface area contributed by atoms with Gasteiger partial charge in [-0.2, -0.15) is 0 Å². The summed E-state index contributed by atoms with van der Waals surface area (Å²) in [5.74, 6) is 0. The Hall–Kier alpha value is -0.120. The second kappa shape index (κ2) is 6.88. The number of nitrogens with one attached hydrogen (secondary N) is 1. The van der Waals surface area contributed by atoms with E-state index in [0.717, 1.165) is 12.1 Å². The standard InChI is InChI=1S/C15H31N3/c1-4-8-17-9-5-14(6-10-17)16-15-7-11-18(12-15)13(2)3/h13-16H,4-12H2,1-3H3. The highest BCUT2D eigenvalue weighted by molar-refractivity contribution is 4.87. The van der Waals surface area contributed by atoms with E-state index in [9.17, 15) is 0 Å². The number of hydrogen-bond acceptors (Lipinski definition) is 3. The van der Waals surface area contributed by atoms with Gasteiger partial charge in [0.1, 0.15) is 0 Å². The molecule has 1 N–H and O–H groups in total. The highest BCUT2D eigenvalue weighted by Gasteiger charge is 2.27. The Labute approximate surface area is 113 Å². The van der Waals surface area contributed by atoms with Gasteiger partial charge >= 0.3 is 0 Å². The highest BCUT2D eigenvalue weighted by Crippen LogP contribution is 2.16. The topological polar surface area (TPSA) is 18.5 Å². The van der Waals surface area contributed by atoms with Crippen molar-refractivity contribution in [2.75, 3.05) is 32.7 Å². The first-order valence-electron chi connectivity index (χ1n) is 7.91. The number of likely N-dealkylation sites (tertiary alicyclic amines) is 2. The molecule has 0 radical (unpaired) electrons. The summed E-state index contributed by atoms with van der Waals surface area (Å²) in [4.78, 5) is 5.22. The lowest BCUT2D eigenvalue weighted by Crippen LogP contribution is -2.47. The van der Waals surface area contributed by atoms with Crippen LogP contribution < -0.4 is 5.32 Å². The summed E-state index contributed by atoms with van der Waals surface area (Å²) in [7, 11) is 0. The predicted molar refractivity (Wildman–Crippen MR) is 78.0 cm³/mol. The minimum absolute atomic E-state index is 0.711. The van der Waals surface area contributed by atoms with E-state index in [4.69, 9.17) is 0 Å². The molecule has 0 bridgehead atoms. The van der Waals surface area contributed by atoms with Crippen LogP contribution in [0.25, 0.3) is 0 Å². The Balaban J connectivity index is 1.66. The molecule has 106 valence electrons. The molecule has 1 atom stereocenters. The molecule has 2 aliphatic rings. The van der Waals surface area contributed by atoms with Crippen LogP contribution in [0.15, 0.2) is 0 Å². The average molecular weight is 253 g/mol. The summed E-state index contributed by atoms with van der Waals surface area (Å²) in [5.41, 5.74) is 0. The highest BCUT2D eigenvalue weighted by atomic mass is 15.2. The maximum Gasteiger partial charge on any atom is 0.0209 e. The lowest BCUT2D eigenvalue weighted by molar-refractivity contribution is 0.189. The molecule has 0 amide bonds. The van der Waals surface area contributed by atoms with Gasteiger partial charge in [-0.05, 0) is 65.7 Å². The molecule has 2 fully saturated rings. The normalized spacial score (nSPS) is 28.3. The summed E-state index contributed by atoms with van der Waals surface area (Å²) in [6, 6.07) is 2.23. The van der Waals surface area contributed by atoms with E-state index < -0.39 is 0 Å². The van der Waals surface area contributed by atoms with Crippen molar-refractivity contribution in [2.45, 2.75) is 64.6 Å². The second-order valence-corrected chi connectivity index (χ2v) is 6.36. The Bertz CT molecular complexity index is 234. The smallest absolute Gasteiger partial charge is 0.0209 e. The van der Waals surface area contributed by atoms with E-state index >= 15 is 0 Å². The van der Waals surface area contributed by atoms with Gasteiger partial charge in [0.05, 0.1) is 0 Å². The van der Waals surface area contributed by atoms with Crippen molar-refractivity contribution in [3.8, 4) is 0 Å². The van der Waals surface area contributed by atoms with Crippen molar-refractivity contribution >= 4 is 0 Å². The lowest BCUT2D eigenvalue weighted by Gasteiger charge is -2.33. The van der Waals surface area contributed by atoms with Crippen molar-refractivity contribution in [3.05, 3.63) is 0 Å². The van der Waals surface area contributed by atoms with Crippen LogP contribution in [0, 0.1) is 0 Å². The zero-order valence-corrected chi connectivity index (χ0v) is 12.5. The van der Waals surface area contributed by atoms with E-state index in [0.29, 0.717) is 6.04 Å². The van der Waals surface area contributed by atoms with Crippen LogP contribution in [-0.4, -0.2) is 60.6 Å². The molecule has 3 heteroatoms. The van der Waals surface area contributed by atoms with Gasteiger partial charge in [-0.25, -0.2) is 0 Å². The fourth-order valence-corrected chi connectivity index (χ4v) is 3.37. The summed E-state index contributed by atoms with van der Waals surface area (Å²) >= 11 is 0. The Morgan fingerprint density at radius 1 is 1.06 bits per heavy atom. The van der Waals surface area contributed by atoms with Crippen molar-refractivity contribution in [3.63, 3.8) is 0 Å². The maximum atomic E-state index is 3.90. The molecular formula is C15H31N3. The largest absolute Gasteiger partial charge is 0.310 e. The van der Waals surface area contributed by atoms with Gasteiger partial charge in [-0.3, -0.25) is 4.90 Å². The van der Waals surface area contributed by atoms with Crippen LogP contribution in [0.2, 0.25) is 0 Å². The first-order valence-corrected chi connectivity index (χ1v) is 7.91. The van der Waals surface area contributed by atoms with Gasteiger partial charge in [0, 0.05) is 24.7 Å². The lowest BCUT2D eigenvalue weighted by atomic mass is 10.0. The van der Waals surface area contributed by atoms with Crippen molar-refractivity contribution in [2.24, 2.45) is 0 Å². The SMILES string of the molecule is CCCN1CCC(NC2CCN(C(C)C)C2)CC1. The summed E-state index contributed by atoms with van der Waals surface area (Å²) in [6.45, 7) is 13.3. The molecule has 2 aliphatic heterocycles. The van der Waals surface area contributed by atoms with Gasteiger partial charge in [0.2, 0.25) is 0 Å². The van der Waals surface area contributed by atoms with Gasteiger partial charge in [0.15, 0.2) is 0 Å². The molecule has 3 nitrogen and oxygen atoms in total. The Morgan fingerprint density at radius 3 is 2.28 bits per heavy atom. The van der Waals surface area contributed by atoms with E-state index in [2.05, 4.69) is 35.9 Å². The van der Waals surface area contributed by atoms with Crippen molar-refractivity contribution < 1.29 is 0 Å². The van der Waals surface area contributed by atoms with Gasteiger partial charge < -0.3 is 10.2 Å². The van der Waals surface area contributed by atoms with E-state index in [1.165, 1.54) is 58.4 Å². The van der Waals surface area contributed by atoms with Crippen molar-refractivity contribution in [1.82, 2.24) is 15.1 Å². The zero-order chi connectivity index (χ0) is 13.0. The summed E-state index contributed by atoms with van der Waals surface area (Å²) in [5, 5.41) is 3.90. The van der Waals surface area contributed by atoms with Crippen LogP contribution in [0.5, 0.6) is 0 Å². The van der Waals surface area contributed by atoms with Crippen LogP contribution >= 0.6 is 0 Å². The predicted octanol–water partition coefficient (Wildman–Crippen LogP) is 1.93. The van der Waals surface area contributed by atoms with Gasteiger partial charge in [-0.1, -0.05) is 6.92 Å². The first kappa shape index (κ1) is 14.3. The summed E-state index contributed by atoms with van der Waals surface area (Å²) in [6.07, 6.45) is 5.33. The minimum Gasteiger partial charge on any atom is -0.310 e. The molecule has 0 saturated carbocycles. The molecule has 0 aromatic carbocycles. The molecule has 0 spiro atoms. The first-order chi connectivity index (χ1) is 8.69. The monoisotopic (exact) mass is 253 g/mol.